The molecule has 1 fully saturated rings. The van der Waals surface area contributed by atoms with E-state index in [2.05, 4.69) is 12.1 Å². The topological polar surface area (TPSA) is 35.5 Å². The minimum atomic E-state index is -0.858. The molecule has 1 aliphatic heterocycles. The summed E-state index contributed by atoms with van der Waals surface area (Å²) >= 11 is 1.67. The van der Waals surface area contributed by atoms with Crippen molar-refractivity contribution < 1.29 is 14.3 Å². The van der Waals surface area contributed by atoms with Crippen molar-refractivity contribution >= 4 is 17.3 Å². The van der Waals surface area contributed by atoms with Gasteiger partial charge in [0.25, 0.3) is 0 Å². The lowest BCUT2D eigenvalue weighted by Crippen LogP contribution is -2.59. The molecule has 0 bridgehead atoms. The molecule has 1 aliphatic carbocycles. The van der Waals surface area contributed by atoms with Crippen molar-refractivity contribution in [3.05, 3.63) is 52.2 Å². The molecular weight excluding hydrogens is 272 g/mol. The van der Waals surface area contributed by atoms with Crippen LogP contribution in [0.1, 0.15) is 28.7 Å². The van der Waals surface area contributed by atoms with Crippen molar-refractivity contribution in [2.24, 2.45) is 0 Å². The number of hydrogen-bond donors (Lipinski definition) is 0. The van der Waals surface area contributed by atoms with Crippen molar-refractivity contribution in [3.8, 4) is 5.75 Å². The van der Waals surface area contributed by atoms with Gasteiger partial charge in [-0.3, -0.25) is 0 Å². The summed E-state index contributed by atoms with van der Waals surface area (Å²) < 4.78 is 11.2. The van der Waals surface area contributed by atoms with E-state index in [-0.39, 0.29) is 17.8 Å². The maximum atomic E-state index is 12.4. The van der Waals surface area contributed by atoms with Crippen LogP contribution in [0.2, 0.25) is 0 Å². The van der Waals surface area contributed by atoms with Crippen molar-refractivity contribution in [1.82, 2.24) is 0 Å². The van der Waals surface area contributed by atoms with Crippen molar-refractivity contribution in [2.75, 3.05) is 7.11 Å². The summed E-state index contributed by atoms with van der Waals surface area (Å²) in [5, 5.41) is 2.04. The number of rotatable bonds is 2. The third kappa shape index (κ3) is 1.32. The van der Waals surface area contributed by atoms with Crippen LogP contribution >= 0.6 is 11.3 Å². The lowest BCUT2D eigenvalue weighted by molar-refractivity contribution is -0.170. The molecule has 1 aromatic carbocycles. The molecule has 102 valence electrons. The molecule has 1 aromatic heterocycles. The highest BCUT2D eigenvalue weighted by Crippen LogP contribution is 2.64. The first-order valence-corrected chi connectivity index (χ1v) is 7.55. The van der Waals surface area contributed by atoms with E-state index >= 15 is 0 Å². The SMILES string of the molecule is COC(=O)[C@]12Oc3ccccc3[C@H]1C[C@@H]2c1cccs1. The van der Waals surface area contributed by atoms with E-state index in [0.29, 0.717) is 0 Å². The van der Waals surface area contributed by atoms with Crippen molar-refractivity contribution in [3.63, 3.8) is 0 Å². The number of thiophene rings is 1. The zero-order valence-corrected chi connectivity index (χ0v) is 11.9. The van der Waals surface area contributed by atoms with E-state index in [9.17, 15) is 4.79 Å². The first-order chi connectivity index (χ1) is 9.77. The molecule has 2 heterocycles. The maximum absolute atomic E-state index is 12.4. The highest BCUT2D eigenvalue weighted by Gasteiger charge is 2.68. The third-order valence-corrected chi connectivity index (χ3v) is 5.46. The molecule has 0 spiro atoms. The monoisotopic (exact) mass is 286 g/mol. The number of benzene rings is 1. The van der Waals surface area contributed by atoms with Gasteiger partial charge in [0, 0.05) is 22.3 Å². The summed E-state index contributed by atoms with van der Waals surface area (Å²) in [4.78, 5) is 13.6. The molecule has 4 heteroatoms. The van der Waals surface area contributed by atoms with Crippen LogP contribution in [0.15, 0.2) is 41.8 Å². The fraction of sp³-hybridized carbons (Fsp3) is 0.312. The quantitative estimate of drug-likeness (QED) is 0.794. The van der Waals surface area contributed by atoms with Crippen molar-refractivity contribution in [1.29, 1.82) is 0 Å². The summed E-state index contributed by atoms with van der Waals surface area (Å²) in [6.45, 7) is 0. The number of methoxy groups -OCH3 is 1. The molecule has 2 aromatic rings. The lowest BCUT2D eigenvalue weighted by Gasteiger charge is -2.47. The summed E-state index contributed by atoms with van der Waals surface area (Å²) in [5.74, 6) is 0.760. The second kappa shape index (κ2) is 4.09. The van der Waals surface area contributed by atoms with Gasteiger partial charge < -0.3 is 9.47 Å². The molecular formula is C16H14O3S. The van der Waals surface area contributed by atoms with Gasteiger partial charge in [-0.15, -0.1) is 11.3 Å². The largest absolute Gasteiger partial charge is 0.474 e. The Balaban J connectivity index is 1.81. The Labute approximate surface area is 121 Å². The molecule has 3 atom stereocenters. The summed E-state index contributed by atoms with van der Waals surface area (Å²) in [7, 11) is 1.43. The van der Waals surface area contributed by atoms with Crippen LogP contribution in [0.5, 0.6) is 5.75 Å². The Hall–Kier alpha value is -1.81. The van der Waals surface area contributed by atoms with Gasteiger partial charge in [0.2, 0.25) is 5.60 Å². The fourth-order valence-corrected chi connectivity index (χ4v) is 4.42. The number of fused-ring (bicyclic) bond motifs is 3. The molecule has 0 amide bonds. The highest BCUT2D eigenvalue weighted by atomic mass is 32.1. The predicted molar refractivity (Wildman–Crippen MR) is 76.2 cm³/mol. The van der Waals surface area contributed by atoms with Crippen molar-refractivity contribution in [2.45, 2.75) is 23.9 Å². The number of carbonyl (C=O) groups is 1. The van der Waals surface area contributed by atoms with E-state index in [4.69, 9.17) is 9.47 Å². The Bertz CT molecular complexity index is 658. The second-order valence-electron chi connectivity index (χ2n) is 5.28. The Morgan fingerprint density at radius 3 is 2.90 bits per heavy atom. The van der Waals surface area contributed by atoms with Crippen LogP contribution in [-0.2, 0) is 9.53 Å². The molecule has 0 N–H and O–H groups in total. The molecule has 3 nitrogen and oxygen atoms in total. The zero-order chi connectivity index (χ0) is 13.7. The third-order valence-electron chi connectivity index (χ3n) is 4.47. The van der Waals surface area contributed by atoms with E-state index in [1.165, 1.54) is 12.0 Å². The smallest absolute Gasteiger partial charge is 0.351 e. The predicted octanol–water partition coefficient (Wildman–Crippen LogP) is 3.32. The molecule has 0 radical (unpaired) electrons. The van der Waals surface area contributed by atoms with E-state index in [0.717, 1.165) is 17.7 Å². The normalized spacial score (nSPS) is 29.9. The molecule has 4 rings (SSSR count). The van der Waals surface area contributed by atoms with Crippen LogP contribution < -0.4 is 4.74 Å². The molecule has 1 saturated carbocycles. The first-order valence-electron chi connectivity index (χ1n) is 6.67. The Morgan fingerprint density at radius 1 is 1.30 bits per heavy atom. The minimum Gasteiger partial charge on any atom is -0.474 e. The van der Waals surface area contributed by atoms with E-state index in [1.54, 1.807) is 11.3 Å². The van der Waals surface area contributed by atoms with Crippen LogP contribution in [0.3, 0.4) is 0 Å². The number of carbonyl (C=O) groups excluding carboxylic acids is 1. The van der Waals surface area contributed by atoms with Gasteiger partial charge in [0.1, 0.15) is 5.75 Å². The first kappa shape index (κ1) is 12.0. The van der Waals surface area contributed by atoms with Gasteiger partial charge in [0.15, 0.2) is 0 Å². The average molecular weight is 286 g/mol. The zero-order valence-electron chi connectivity index (χ0n) is 11.0. The number of hydrogen-bond acceptors (Lipinski definition) is 4. The second-order valence-corrected chi connectivity index (χ2v) is 6.26. The van der Waals surface area contributed by atoms with Gasteiger partial charge >= 0.3 is 5.97 Å². The lowest BCUT2D eigenvalue weighted by atomic mass is 9.59. The number of para-hydroxylation sites is 1. The van der Waals surface area contributed by atoms with Gasteiger partial charge in [-0.25, -0.2) is 4.79 Å². The summed E-state index contributed by atoms with van der Waals surface area (Å²) in [5.41, 5.74) is 0.272. The molecule has 0 unspecified atom stereocenters. The average Bonchev–Trinajstić information content (AvgIpc) is 3.05. The molecule has 2 aliphatic rings. The number of esters is 1. The Morgan fingerprint density at radius 2 is 2.15 bits per heavy atom. The van der Waals surface area contributed by atoms with Crippen LogP contribution in [0.25, 0.3) is 0 Å². The van der Waals surface area contributed by atoms with Gasteiger partial charge in [-0.2, -0.15) is 0 Å². The fourth-order valence-electron chi connectivity index (χ4n) is 3.51. The van der Waals surface area contributed by atoms with Gasteiger partial charge in [0.05, 0.1) is 7.11 Å². The van der Waals surface area contributed by atoms with Crippen LogP contribution in [0.4, 0.5) is 0 Å². The van der Waals surface area contributed by atoms with Crippen LogP contribution in [0, 0.1) is 0 Å². The van der Waals surface area contributed by atoms with Gasteiger partial charge in [-0.05, 0) is 23.9 Å². The highest BCUT2D eigenvalue weighted by molar-refractivity contribution is 7.10. The van der Waals surface area contributed by atoms with Gasteiger partial charge in [-0.1, -0.05) is 24.3 Å². The minimum absolute atomic E-state index is 0.0901. The summed E-state index contributed by atoms with van der Waals surface area (Å²) in [6.07, 6.45) is 0.937. The maximum Gasteiger partial charge on any atom is 0.351 e. The van der Waals surface area contributed by atoms with E-state index < -0.39 is 5.60 Å². The number of ether oxygens (including phenoxy) is 2. The Kier molecular flexibility index (Phi) is 2.45. The van der Waals surface area contributed by atoms with E-state index in [1.807, 2.05) is 29.6 Å². The molecule has 0 saturated heterocycles. The van der Waals surface area contributed by atoms with Crippen LogP contribution in [-0.4, -0.2) is 18.7 Å². The summed E-state index contributed by atoms with van der Waals surface area (Å²) in [6, 6.07) is 12.0. The molecule has 20 heavy (non-hydrogen) atoms. The standard InChI is InChI=1S/C16H14O3S/c1-18-15(17)16-11(9-12(16)14-7-4-8-20-14)10-5-2-3-6-13(10)19-16/h2-8,11-12H,9H2,1H3/t11-,12-,16+/m1/s1.